The minimum atomic E-state index is -4.16. The number of rotatable bonds is 21. The van der Waals surface area contributed by atoms with Crippen LogP contribution in [0.2, 0.25) is 0 Å². The van der Waals surface area contributed by atoms with Crippen LogP contribution in [0.3, 0.4) is 0 Å². The third-order valence-corrected chi connectivity index (χ3v) is 48.0. The normalized spacial score (nSPS) is 12.2. The van der Waals surface area contributed by atoms with E-state index in [1.54, 1.807) is 0 Å². The molecule has 0 aliphatic carbocycles. The van der Waals surface area contributed by atoms with Crippen molar-refractivity contribution in [1.29, 1.82) is 0 Å². The Labute approximate surface area is 580 Å². The van der Waals surface area contributed by atoms with E-state index in [0.717, 1.165) is 0 Å². The molecule has 0 bridgehead atoms. The Kier molecular flexibility index (Phi) is 17.9. The molecule has 0 spiro atoms. The van der Waals surface area contributed by atoms with Gasteiger partial charge in [0.1, 0.15) is 0 Å². The molecule has 0 radical (unpaired) electrons. The van der Waals surface area contributed by atoms with Crippen LogP contribution in [-0.4, -0.2) is 24.2 Å². The Morgan fingerprint density at radius 1 is 0.124 bits per heavy atom. The Morgan fingerprint density at radius 3 is 0.320 bits per heavy atom. The zero-order chi connectivity index (χ0) is 65.3. The van der Waals surface area contributed by atoms with Crippen molar-refractivity contribution in [2.75, 3.05) is 0 Å². The summed E-state index contributed by atoms with van der Waals surface area (Å²) in [5.41, 5.74) is 7.73. The molecule has 0 saturated heterocycles. The summed E-state index contributed by atoms with van der Waals surface area (Å²) in [7, 11) is -12.5. The molecule has 15 rings (SSSR count). The second kappa shape index (κ2) is 27.7. The van der Waals surface area contributed by atoms with Crippen molar-refractivity contribution < 1.29 is 14.1 Å². The summed E-state index contributed by atoms with van der Waals surface area (Å²) >= 11 is -3.72. The van der Waals surface area contributed by atoms with Crippen LogP contribution < -0.4 is 46.7 Å². The second-order valence-corrected chi connectivity index (χ2v) is 42.6. The van der Waals surface area contributed by atoms with Gasteiger partial charge in [-0.2, -0.15) is 0 Å². The number of hydrogen-bond donors (Lipinski definition) is 0. The van der Waals surface area contributed by atoms with Crippen molar-refractivity contribution in [1.82, 2.24) is 0 Å². The molecular formula is C93H75CrSi3. The molecule has 0 aliphatic heterocycles. The maximum absolute atomic E-state index is 4.16. The molecule has 0 saturated carbocycles. The summed E-state index contributed by atoms with van der Waals surface area (Å²) in [6, 6.07) is 181. The summed E-state index contributed by atoms with van der Waals surface area (Å²) < 4.78 is -3.20. The van der Waals surface area contributed by atoms with Gasteiger partial charge in [-0.25, -0.2) is 0 Å². The molecule has 0 nitrogen and oxygen atoms in total. The van der Waals surface area contributed by atoms with E-state index < -0.39 is 50.1 Å². The fraction of sp³-hybridized carbons (Fsp3) is 0.0323. The van der Waals surface area contributed by atoms with Gasteiger partial charge in [-0.3, -0.25) is 0 Å². The van der Waals surface area contributed by atoms with Gasteiger partial charge in [0.25, 0.3) is 0 Å². The third-order valence-electron chi connectivity index (χ3n) is 20.4. The molecule has 0 atom stereocenters. The summed E-state index contributed by atoms with van der Waals surface area (Å²) in [6.07, 6.45) is 0. The monoisotopic (exact) mass is 1330 g/mol. The van der Waals surface area contributed by atoms with Gasteiger partial charge in [-0.15, -0.1) is 0 Å². The van der Waals surface area contributed by atoms with Crippen molar-refractivity contribution in [3.05, 3.63) is 488 Å². The first-order valence-corrected chi connectivity index (χ1v) is 41.7. The van der Waals surface area contributed by atoms with E-state index in [1.807, 2.05) is 0 Å². The Bertz CT molecular complexity index is 4000. The summed E-state index contributed by atoms with van der Waals surface area (Å²) in [5, 5.41) is 12.0. The SMILES string of the molecule is c1ccc([C](c2ccccc2)([Cr]([C](c2ccccc2)(c2ccccc2)[Si](c2ccccc2)(c2ccccc2)c2ccccc2)[C](c2ccccc2)(c2ccccc2)[Si](c2ccccc2)(c2ccccc2)c2ccccc2)[Si](c2ccccc2)(c2ccccc2)c2ccccc2)cc1. The second-order valence-electron chi connectivity index (χ2n) is 25.1. The number of hydrogen-bond acceptors (Lipinski definition) is 0. The summed E-state index contributed by atoms with van der Waals surface area (Å²) in [4.78, 5) is 0. The van der Waals surface area contributed by atoms with E-state index in [9.17, 15) is 0 Å². The first-order valence-electron chi connectivity index (χ1n) is 33.8. The van der Waals surface area contributed by atoms with E-state index in [0.29, 0.717) is 0 Å². The van der Waals surface area contributed by atoms with Crippen molar-refractivity contribution in [2.24, 2.45) is 0 Å². The molecule has 0 amide bonds. The Morgan fingerprint density at radius 2 is 0.216 bits per heavy atom. The first kappa shape index (κ1) is 62.6. The fourth-order valence-corrected chi connectivity index (χ4v) is 54.6. The van der Waals surface area contributed by atoms with E-state index in [4.69, 9.17) is 0 Å². The van der Waals surface area contributed by atoms with Gasteiger partial charge in [0, 0.05) is 0 Å². The molecule has 0 heterocycles. The van der Waals surface area contributed by atoms with Crippen molar-refractivity contribution >= 4 is 70.9 Å². The zero-order valence-corrected chi connectivity index (χ0v) is 58.5. The van der Waals surface area contributed by atoms with Crippen LogP contribution in [0.4, 0.5) is 0 Å². The summed E-state index contributed by atoms with van der Waals surface area (Å²) in [5.74, 6) is 0. The molecule has 0 fully saturated rings. The molecule has 4 heteroatoms. The molecule has 15 aromatic carbocycles. The van der Waals surface area contributed by atoms with Crippen molar-refractivity contribution in [3.63, 3.8) is 0 Å². The van der Waals surface area contributed by atoms with Gasteiger partial charge < -0.3 is 0 Å². The molecule has 465 valence electrons. The average Bonchev–Trinajstić information content (AvgIpc) is 0.634. The van der Waals surface area contributed by atoms with Gasteiger partial charge in [-0.05, 0) is 0 Å². The van der Waals surface area contributed by atoms with Crippen LogP contribution in [0.15, 0.2) is 455 Å². The predicted octanol–water partition coefficient (Wildman–Crippen LogP) is 15.6. The van der Waals surface area contributed by atoms with E-state index in [2.05, 4.69) is 455 Å². The molecule has 0 aromatic heterocycles. The molecule has 15 aromatic rings. The predicted molar refractivity (Wildman–Crippen MR) is 413 cm³/mol. The molecule has 0 N–H and O–H groups in total. The van der Waals surface area contributed by atoms with Gasteiger partial charge in [0.2, 0.25) is 0 Å². The first-order chi connectivity index (χ1) is 48.2. The zero-order valence-electron chi connectivity index (χ0n) is 54.2. The minimum absolute atomic E-state index is 1.07. The van der Waals surface area contributed by atoms with E-state index in [-0.39, 0.29) is 0 Å². The van der Waals surface area contributed by atoms with Gasteiger partial charge >= 0.3 is 585 Å². The average molecular weight is 1330 g/mol. The Balaban J connectivity index is 1.44. The van der Waals surface area contributed by atoms with Crippen molar-refractivity contribution in [2.45, 2.75) is 11.7 Å². The summed E-state index contributed by atoms with van der Waals surface area (Å²) in [6.45, 7) is 0. The molecule has 97 heavy (non-hydrogen) atoms. The van der Waals surface area contributed by atoms with E-state index >= 15 is 0 Å². The standard InChI is InChI=1S/3C31H25Si.Cr/c3*1-6-16-26(17-7-1)31(27-18-8-2-9-19-27)32(28-20-10-3-11-21-28,29-22-12-4-13-23-29)30-24-14-5-15-25-30;/h3*1-25H;. The fourth-order valence-electron chi connectivity index (χ4n) is 17.2. The number of benzene rings is 15. The molecular weight excluding hydrogens is 1250 g/mol. The maximum atomic E-state index is 2.59. The van der Waals surface area contributed by atoms with Gasteiger partial charge in [-0.1, -0.05) is 0 Å². The molecule has 0 aliphatic rings. The van der Waals surface area contributed by atoms with Crippen LogP contribution in [-0.2, 0) is 25.8 Å². The quantitative estimate of drug-likeness (QED) is 0.0497. The molecule has 0 unspecified atom stereocenters. The van der Waals surface area contributed by atoms with Crippen LogP contribution in [0.25, 0.3) is 0 Å². The van der Waals surface area contributed by atoms with Gasteiger partial charge in [0.05, 0.1) is 0 Å². The van der Waals surface area contributed by atoms with Crippen LogP contribution in [0, 0.1) is 0 Å². The van der Waals surface area contributed by atoms with E-state index in [1.165, 1.54) is 80.1 Å². The van der Waals surface area contributed by atoms with Gasteiger partial charge in [0.15, 0.2) is 0 Å². The van der Waals surface area contributed by atoms with Crippen molar-refractivity contribution in [3.8, 4) is 0 Å². The van der Waals surface area contributed by atoms with Crippen LogP contribution >= 0.6 is 0 Å². The third kappa shape index (κ3) is 9.97. The van der Waals surface area contributed by atoms with Crippen LogP contribution in [0.1, 0.15) is 33.4 Å². The van der Waals surface area contributed by atoms with Crippen LogP contribution in [0.5, 0.6) is 0 Å². The Hall–Kier alpha value is -10.5. The topological polar surface area (TPSA) is 0 Å².